The predicted molar refractivity (Wildman–Crippen MR) is 90.1 cm³/mol. The molecule has 1 fully saturated rings. The summed E-state index contributed by atoms with van der Waals surface area (Å²) >= 11 is 1.44. The van der Waals surface area contributed by atoms with Crippen molar-refractivity contribution >= 4 is 23.2 Å². The largest absolute Gasteiger partial charge is 0.481 e. The zero-order valence-electron chi connectivity index (χ0n) is 13.5. The smallest absolute Gasteiger partial charge is 0.303 e. The molecule has 0 spiro atoms. The van der Waals surface area contributed by atoms with E-state index in [0.717, 1.165) is 24.1 Å². The number of carbonyl (C=O) groups excluding carboxylic acids is 1. The van der Waals surface area contributed by atoms with E-state index in [0.29, 0.717) is 29.4 Å². The highest BCUT2D eigenvalue weighted by molar-refractivity contribution is 7.15. The van der Waals surface area contributed by atoms with Crippen LogP contribution in [0.2, 0.25) is 0 Å². The van der Waals surface area contributed by atoms with Crippen LogP contribution >= 0.6 is 11.3 Å². The SMILES string of the molecule is Cc1sc(-c2ccco2)nc1C(=O)N1CCCCC1CCC(=O)O. The summed E-state index contributed by atoms with van der Waals surface area (Å²) in [6.07, 6.45) is 5.00. The quantitative estimate of drug-likeness (QED) is 0.893. The van der Waals surface area contributed by atoms with E-state index in [2.05, 4.69) is 4.98 Å². The number of carboxylic acid groups (broad SMARTS) is 1. The molecule has 1 aliphatic rings. The summed E-state index contributed by atoms with van der Waals surface area (Å²) in [5, 5.41) is 9.61. The van der Waals surface area contributed by atoms with Gasteiger partial charge < -0.3 is 14.4 Å². The Kier molecular flexibility index (Phi) is 4.99. The Balaban J connectivity index is 1.80. The highest BCUT2D eigenvalue weighted by Crippen LogP contribution is 2.30. The van der Waals surface area contributed by atoms with E-state index in [-0.39, 0.29) is 18.4 Å². The molecule has 2 aromatic heterocycles. The number of nitrogens with zero attached hydrogens (tertiary/aromatic N) is 2. The molecule has 1 unspecified atom stereocenters. The lowest BCUT2D eigenvalue weighted by Gasteiger charge is -2.35. The van der Waals surface area contributed by atoms with Gasteiger partial charge in [0.15, 0.2) is 10.8 Å². The van der Waals surface area contributed by atoms with E-state index in [1.54, 1.807) is 17.2 Å². The summed E-state index contributed by atoms with van der Waals surface area (Å²) in [6, 6.07) is 3.60. The summed E-state index contributed by atoms with van der Waals surface area (Å²) in [6.45, 7) is 2.55. The molecule has 2 aromatic rings. The van der Waals surface area contributed by atoms with Gasteiger partial charge in [0.2, 0.25) is 0 Å². The highest BCUT2D eigenvalue weighted by Gasteiger charge is 2.30. The lowest BCUT2D eigenvalue weighted by Crippen LogP contribution is -2.44. The molecule has 0 aromatic carbocycles. The molecular weight excluding hydrogens is 328 g/mol. The van der Waals surface area contributed by atoms with Gasteiger partial charge in [-0.2, -0.15) is 0 Å². The van der Waals surface area contributed by atoms with Crippen LogP contribution in [0.3, 0.4) is 0 Å². The number of aromatic nitrogens is 1. The normalized spacial score (nSPS) is 17.9. The number of aryl methyl sites for hydroxylation is 1. The zero-order chi connectivity index (χ0) is 17.1. The second kappa shape index (κ2) is 7.17. The number of carboxylic acids is 1. The monoisotopic (exact) mass is 348 g/mol. The van der Waals surface area contributed by atoms with Crippen molar-refractivity contribution in [2.45, 2.75) is 45.1 Å². The average molecular weight is 348 g/mol. The van der Waals surface area contributed by atoms with Crippen LogP contribution < -0.4 is 0 Å². The minimum Gasteiger partial charge on any atom is -0.481 e. The van der Waals surface area contributed by atoms with Gasteiger partial charge in [-0.1, -0.05) is 0 Å². The molecule has 6 nitrogen and oxygen atoms in total. The summed E-state index contributed by atoms with van der Waals surface area (Å²) in [5.41, 5.74) is 0.452. The molecule has 1 amide bonds. The van der Waals surface area contributed by atoms with Crippen molar-refractivity contribution < 1.29 is 19.1 Å². The van der Waals surface area contributed by atoms with Crippen molar-refractivity contribution in [1.82, 2.24) is 9.88 Å². The van der Waals surface area contributed by atoms with Crippen molar-refractivity contribution in [2.75, 3.05) is 6.54 Å². The number of likely N-dealkylation sites (tertiary alicyclic amines) is 1. The summed E-state index contributed by atoms with van der Waals surface area (Å²) in [5.74, 6) is -0.266. The van der Waals surface area contributed by atoms with E-state index in [1.165, 1.54) is 11.3 Å². The first-order valence-electron chi connectivity index (χ1n) is 8.10. The molecule has 1 saturated heterocycles. The van der Waals surface area contributed by atoms with Gasteiger partial charge in [0, 0.05) is 23.9 Å². The molecule has 0 saturated carbocycles. The lowest BCUT2D eigenvalue weighted by atomic mass is 9.97. The topological polar surface area (TPSA) is 83.6 Å². The number of furan rings is 1. The Bertz CT molecular complexity index is 723. The van der Waals surface area contributed by atoms with E-state index >= 15 is 0 Å². The molecule has 0 aliphatic carbocycles. The minimum absolute atomic E-state index is 0.0180. The third-order valence-electron chi connectivity index (χ3n) is 4.31. The maximum atomic E-state index is 13.0. The molecule has 3 heterocycles. The Hall–Kier alpha value is -2.15. The van der Waals surface area contributed by atoms with Crippen LogP contribution in [0.15, 0.2) is 22.8 Å². The van der Waals surface area contributed by atoms with Crippen LogP contribution in [-0.4, -0.2) is 39.5 Å². The van der Waals surface area contributed by atoms with Crippen LogP contribution in [0, 0.1) is 6.92 Å². The van der Waals surface area contributed by atoms with Gasteiger partial charge in [0.25, 0.3) is 5.91 Å². The third kappa shape index (κ3) is 3.51. The summed E-state index contributed by atoms with van der Waals surface area (Å²) < 4.78 is 5.36. The number of thiazole rings is 1. The fraction of sp³-hybridized carbons (Fsp3) is 0.471. The van der Waals surface area contributed by atoms with Gasteiger partial charge >= 0.3 is 5.97 Å². The van der Waals surface area contributed by atoms with Crippen molar-refractivity contribution in [1.29, 1.82) is 0 Å². The molecule has 7 heteroatoms. The summed E-state index contributed by atoms with van der Waals surface area (Å²) in [4.78, 5) is 30.9. The van der Waals surface area contributed by atoms with Crippen molar-refractivity contribution in [3.8, 4) is 10.8 Å². The first kappa shape index (κ1) is 16.7. The van der Waals surface area contributed by atoms with Crippen molar-refractivity contribution in [3.05, 3.63) is 29.0 Å². The second-order valence-electron chi connectivity index (χ2n) is 5.98. The fourth-order valence-electron chi connectivity index (χ4n) is 3.09. The van der Waals surface area contributed by atoms with Gasteiger partial charge in [-0.3, -0.25) is 9.59 Å². The Morgan fingerprint density at radius 1 is 1.46 bits per heavy atom. The van der Waals surface area contributed by atoms with Gasteiger partial charge in [0.1, 0.15) is 5.69 Å². The molecule has 24 heavy (non-hydrogen) atoms. The predicted octanol–water partition coefficient (Wildman–Crippen LogP) is 3.57. The number of piperidine rings is 1. The molecular formula is C17H20N2O4S. The lowest BCUT2D eigenvalue weighted by molar-refractivity contribution is -0.137. The molecule has 0 bridgehead atoms. The van der Waals surface area contributed by atoms with E-state index in [4.69, 9.17) is 9.52 Å². The number of rotatable bonds is 5. The van der Waals surface area contributed by atoms with E-state index in [1.807, 2.05) is 13.0 Å². The fourth-order valence-corrected chi connectivity index (χ4v) is 3.97. The maximum Gasteiger partial charge on any atom is 0.303 e. The first-order valence-corrected chi connectivity index (χ1v) is 8.92. The number of amides is 1. The van der Waals surface area contributed by atoms with Gasteiger partial charge in [-0.15, -0.1) is 11.3 Å². The average Bonchev–Trinajstić information content (AvgIpc) is 3.22. The number of carbonyl (C=O) groups is 2. The molecule has 1 aliphatic heterocycles. The van der Waals surface area contributed by atoms with Crippen LogP contribution in [0.4, 0.5) is 0 Å². The van der Waals surface area contributed by atoms with Crippen LogP contribution in [0.25, 0.3) is 10.8 Å². The standard InChI is InChI=1S/C17H20N2O4S/c1-11-15(18-16(24-11)13-6-4-10-23-13)17(22)19-9-3-2-5-12(19)7-8-14(20)21/h4,6,10,12H,2-3,5,7-9H2,1H3,(H,20,21). The molecule has 128 valence electrons. The Morgan fingerprint density at radius 2 is 2.29 bits per heavy atom. The van der Waals surface area contributed by atoms with Gasteiger partial charge in [0.05, 0.1) is 6.26 Å². The van der Waals surface area contributed by atoms with Crippen LogP contribution in [0.5, 0.6) is 0 Å². The summed E-state index contributed by atoms with van der Waals surface area (Å²) in [7, 11) is 0. The van der Waals surface area contributed by atoms with E-state index < -0.39 is 5.97 Å². The van der Waals surface area contributed by atoms with Crippen LogP contribution in [-0.2, 0) is 4.79 Å². The first-order chi connectivity index (χ1) is 11.6. The minimum atomic E-state index is -0.821. The number of hydrogen-bond acceptors (Lipinski definition) is 5. The molecule has 1 atom stereocenters. The Morgan fingerprint density at radius 3 is 3.00 bits per heavy atom. The van der Waals surface area contributed by atoms with Crippen LogP contribution in [0.1, 0.15) is 47.5 Å². The van der Waals surface area contributed by atoms with Gasteiger partial charge in [-0.25, -0.2) is 4.98 Å². The third-order valence-corrected chi connectivity index (χ3v) is 5.30. The van der Waals surface area contributed by atoms with E-state index in [9.17, 15) is 9.59 Å². The van der Waals surface area contributed by atoms with Gasteiger partial charge in [-0.05, 0) is 44.7 Å². The maximum absolute atomic E-state index is 13.0. The number of aliphatic carboxylic acids is 1. The second-order valence-corrected chi connectivity index (χ2v) is 7.18. The van der Waals surface area contributed by atoms with Crippen molar-refractivity contribution in [3.63, 3.8) is 0 Å². The molecule has 3 rings (SSSR count). The van der Waals surface area contributed by atoms with Crippen molar-refractivity contribution in [2.24, 2.45) is 0 Å². The zero-order valence-corrected chi connectivity index (χ0v) is 14.3. The molecule has 1 N–H and O–H groups in total. The Labute approximate surface area is 144 Å². The number of hydrogen-bond donors (Lipinski definition) is 1. The highest BCUT2D eigenvalue weighted by atomic mass is 32.1. The molecule has 0 radical (unpaired) electrons.